The number of carbonyl (C=O) groups excluding carboxylic acids is 2. The van der Waals surface area contributed by atoms with Gasteiger partial charge in [0.1, 0.15) is 6.61 Å². The SMILES string of the molecule is CC/C=C\C/C=C\C/C=C\C/C=C\CCCCCCC(=O)OC(COCCCCCCCCCCCCCCCC)COC(=O)CCCCCCCCCCC/C=C\C/C=C\CCCCC. The van der Waals surface area contributed by atoms with E-state index in [-0.39, 0.29) is 25.2 Å². The summed E-state index contributed by atoms with van der Waals surface area (Å²) in [4.78, 5) is 25.5. The lowest BCUT2D eigenvalue weighted by atomic mass is 10.0. The molecule has 5 heteroatoms. The van der Waals surface area contributed by atoms with Crippen molar-refractivity contribution >= 4 is 11.9 Å². The predicted molar refractivity (Wildman–Crippen MR) is 288 cm³/mol. The Balaban J connectivity index is 4.29. The number of carbonyl (C=O) groups is 2. The number of rotatable bonds is 52. The van der Waals surface area contributed by atoms with Gasteiger partial charge in [0.2, 0.25) is 0 Å². The van der Waals surface area contributed by atoms with Gasteiger partial charge in [-0.15, -0.1) is 0 Å². The van der Waals surface area contributed by atoms with E-state index < -0.39 is 6.10 Å². The van der Waals surface area contributed by atoms with E-state index in [0.29, 0.717) is 19.4 Å². The molecule has 0 aliphatic heterocycles. The van der Waals surface area contributed by atoms with Crippen LogP contribution in [0.25, 0.3) is 0 Å². The molecule has 0 radical (unpaired) electrons. The van der Waals surface area contributed by atoms with Gasteiger partial charge in [0.25, 0.3) is 0 Å². The first kappa shape index (κ1) is 63.3. The average molecular weight is 922 g/mol. The molecule has 0 aliphatic carbocycles. The average Bonchev–Trinajstić information content (AvgIpc) is 3.32. The number of unbranched alkanes of at least 4 members (excludes halogenated alkanes) is 29. The van der Waals surface area contributed by atoms with Crippen LogP contribution in [0.1, 0.15) is 278 Å². The molecule has 0 aliphatic rings. The van der Waals surface area contributed by atoms with Gasteiger partial charge in [0.05, 0.1) is 6.61 Å². The smallest absolute Gasteiger partial charge is 0.306 e. The summed E-state index contributed by atoms with van der Waals surface area (Å²) in [6, 6.07) is 0. The van der Waals surface area contributed by atoms with Crippen LogP contribution in [-0.2, 0) is 23.8 Å². The Hall–Kier alpha value is -2.66. The summed E-state index contributed by atoms with van der Waals surface area (Å²) < 4.78 is 17.5. The molecule has 0 saturated carbocycles. The third-order valence-corrected chi connectivity index (χ3v) is 12.2. The molecule has 0 amide bonds. The number of hydrogen-bond donors (Lipinski definition) is 0. The monoisotopic (exact) mass is 921 g/mol. The molecule has 0 aromatic carbocycles. The highest BCUT2D eigenvalue weighted by atomic mass is 16.6. The van der Waals surface area contributed by atoms with Crippen LogP contribution in [0.4, 0.5) is 0 Å². The van der Waals surface area contributed by atoms with E-state index in [2.05, 4.69) is 93.7 Å². The zero-order chi connectivity index (χ0) is 47.7. The van der Waals surface area contributed by atoms with Gasteiger partial charge in [-0.1, -0.05) is 248 Å². The minimum Gasteiger partial charge on any atom is -0.462 e. The molecule has 5 nitrogen and oxygen atoms in total. The summed E-state index contributed by atoms with van der Waals surface area (Å²) in [6.45, 7) is 7.70. The third kappa shape index (κ3) is 54.0. The van der Waals surface area contributed by atoms with E-state index in [9.17, 15) is 9.59 Å². The zero-order valence-corrected chi connectivity index (χ0v) is 44.0. The second-order valence-electron chi connectivity index (χ2n) is 18.8. The highest BCUT2D eigenvalue weighted by molar-refractivity contribution is 5.70. The standard InChI is InChI=1S/C61H108O5/c1-4-7-10-13-16-19-22-25-28-30-31-33-34-36-39-42-45-48-51-54-60(62)65-58-59(57-64-56-53-50-47-44-41-38-27-24-21-18-15-12-9-6-3)66-61(63)55-52-49-46-43-40-37-35-32-29-26-23-20-17-14-11-8-5-2/h8,11,16-17,19-20,25-26,28-29,35,37,59H,4-7,9-10,12-15,18,21-24,27,30-34,36,38-58H2,1-3H3/b11-8-,19-16-,20-17-,28-25-,29-26-,37-35-. The van der Waals surface area contributed by atoms with E-state index in [0.717, 1.165) is 89.9 Å². The maximum atomic E-state index is 12.8. The summed E-state index contributed by atoms with van der Waals surface area (Å²) in [5.41, 5.74) is 0. The third-order valence-electron chi connectivity index (χ3n) is 12.2. The molecule has 0 saturated heterocycles. The molecular weight excluding hydrogens is 813 g/mol. The highest BCUT2D eigenvalue weighted by Crippen LogP contribution is 2.15. The fourth-order valence-electron chi connectivity index (χ4n) is 8.00. The molecule has 66 heavy (non-hydrogen) atoms. The summed E-state index contributed by atoms with van der Waals surface area (Å²) in [6.07, 6.45) is 73.4. The van der Waals surface area contributed by atoms with Gasteiger partial charge < -0.3 is 14.2 Å². The summed E-state index contributed by atoms with van der Waals surface area (Å²) >= 11 is 0. The number of ether oxygens (including phenoxy) is 3. The first-order chi connectivity index (χ1) is 32.6. The van der Waals surface area contributed by atoms with Crippen molar-refractivity contribution in [3.8, 4) is 0 Å². The fraction of sp³-hybridized carbons (Fsp3) is 0.770. The molecule has 0 aromatic heterocycles. The van der Waals surface area contributed by atoms with Crippen LogP contribution < -0.4 is 0 Å². The molecule has 0 N–H and O–H groups in total. The van der Waals surface area contributed by atoms with Crippen LogP contribution in [0.15, 0.2) is 72.9 Å². The molecule has 0 spiro atoms. The van der Waals surface area contributed by atoms with E-state index in [1.165, 1.54) is 154 Å². The van der Waals surface area contributed by atoms with Crippen molar-refractivity contribution in [1.82, 2.24) is 0 Å². The molecule has 1 atom stereocenters. The van der Waals surface area contributed by atoms with Crippen molar-refractivity contribution in [1.29, 1.82) is 0 Å². The maximum Gasteiger partial charge on any atom is 0.306 e. The second kappa shape index (κ2) is 56.7. The highest BCUT2D eigenvalue weighted by Gasteiger charge is 2.17. The topological polar surface area (TPSA) is 61.8 Å². The molecule has 382 valence electrons. The minimum absolute atomic E-state index is 0.0736. The summed E-state index contributed by atoms with van der Waals surface area (Å²) in [5, 5.41) is 0. The van der Waals surface area contributed by atoms with Crippen molar-refractivity contribution in [3.63, 3.8) is 0 Å². The van der Waals surface area contributed by atoms with Crippen LogP contribution in [-0.4, -0.2) is 37.9 Å². The van der Waals surface area contributed by atoms with E-state index in [4.69, 9.17) is 14.2 Å². The van der Waals surface area contributed by atoms with E-state index in [1.54, 1.807) is 0 Å². The Labute approximate surface area is 410 Å². The Morgan fingerprint density at radius 1 is 0.348 bits per heavy atom. The van der Waals surface area contributed by atoms with Crippen LogP contribution in [0.3, 0.4) is 0 Å². The first-order valence-electron chi connectivity index (χ1n) is 28.5. The van der Waals surface area contributed by atoms with Gasteiger partial charge in [-0.3, -0.25) is 9.59 Å². The molecule has 0 rings (SSSR count). The van der Waals surface area contributed by atoms with Gasteiger partial charge in [0.15, 0.2) is 6.10 Å². The molecule has 0 heterocycles. The van der Waals surface area contributed by atoms with Gasteiger partial charge in [-0.25, -0.2) is 0 Å². The van der Waals surface area contributed by atoms with Gasteiger partial charge in [0, 0.05) is 19.4 Å². The van der Waals surface area contributed by atoms with Crippen molar-refractivity contribution in [2.45, 2.75) is 284 Å². The Kier molecular flexibility index (Phi) is 54.4. The maximum absolute atomic E-state index is 12.8. The Morgan fingerprint density at radius 3 is 1.12 bits per heavy atom. The van der Waals surface area contributed by atoms with Gasteiger partial charge >= 0.3 is 11.9 Å². The number of hydrogen-bond acceptors (Lipinski definition) is 5. The Bertz CT molecular complexity index is 1180. The molecule has 1 unspecified atom stereocenters. The van der Waals surface area contributed by atoms with Crippen molar-refractivity contribution in [3.05, 3.63) is 72.9 Å². The lowest BCUT2D eigenvalue weighted by Gasteiger charge is -2.18. The Morgan fingerprint density at radius 2 is 0.682 bits per heavy atom. The van der Waals surface area contributed by atoms with E-state index >= 15 is 0 Å². The normalized spacial score (nSPS) is 12.7. The lowest BCUT2D eigenvalue weighted by Crippen LogP contribution is -2.30. The fourth-order valence-corrected chi connectivity index (χ4v) is 8.00. The predicted octanol–water partition coefficient (Wildman–Crippen LogP) is 19.5. The lowest BCUT2D eigenvalue weighted by molar-refractivity contribution is -0.163. The molecule has 0 fully saturated rings. The molecule has 0 aromatic rings. The first-order valence-corrected chi connectivity index (χ1v) is 28.5. The summed E-state index contributed by atoms with van der Waals surface area (Å²) in [5.74, 6) is -0.420. The quantitative estimate of drug-likeness (QED) is 0.0346. The van der Waals surface area contributed by atoms with Crippen LogP contribution in [0, 0.1) is 0 Å². The summed E-state index contributed by atoms with van der Waals surface area (Å²) in [7, 11) is 0. The zero-order valence-electron chi connectivity index (χ0n) is 44.0. The van der Waals surface area contributed by atoms with E-state index in [1.807, 2.05) is 0 Å². The minimum atomic E-state index is -0.551. The van der Waals surface area contributed by atoms with Gasteiger partial charge in [-0.2, -0.15) is 0 Å². The van der Waals surface area contributed by atoms with Crippen molar-refractivity contribution in [2.75, 3.05) is 19.8 Å². The second-order valence-corrected chi connectivity index (χ2v) is 18.8. The van der Waals surface area contributed by atoms with Crippen LogP contribution in [0.5, 0.6) is 0 Å². The van der Waals surface area contributed by atoms with Crippen molar-refractivity contribution in [2.24, 2.45) is 0 Å². The van der Waals surface area contributed by atoms with Crippen LogP contribution >= 0.6 is 0 Å². The van der Waals surface area contributed by atoms with Crippen LogP contribution in [0.2, 0.25) is 0 Å². The van der Waals surface area contributed by atoms with Gasteiger partial charge in [-0.05, 0) is 89.9 Å². The molecular formula is C61H108O5. The van der Waals surface area contributed by atoms with Crippen molar-refractivity contribution < 1.29 is 23.8 Å². The largest absolute Gasteiger partial charge is 0.462 e. The molecule has 0 bridgehead atoms. The number of allylic oxidation sites excluding steroid dienone is 12. The number of esters is 2.